The normalized spacial score (nSPS) is 27.1. The Kier molecular flexibility index (Phi) is 9.24. The van der Waals surface area contributed by atoms with Crippen LogP contribution < -0.4 is 5.32 Å². The van der Waals surface area contributed by atoms with Crippen LogP contribution in [0.25, 0.3) is 0 Å². The van der Waals surface area contributed by atoms with Gasteiger partial charge in [0.25, 0.3) is 0 Å². The Bertz CT molecular complexity index is 913. The molecule has 35 heavy (non-hydrogen) atoms. The molecule has 4 atom stereocenters. The molecule has 0 aliphatic carbocycles. The predicted molar refractivity (Wildman–Crippen MR) is 128 cm³/mol. The van der Waals surface area contributed by atoms with Crippen LogP contribution in [0.2, 0.25) is 0 Å². The van der Waals surface area contributed by atoms with E-state index in [1.165, 1.54) is 13.0 Å². The van der Waals surface area contributed by atoms with E-state index in [0.717, 1.165) is 12.8 Å². The lowest BCUT2D eigenvalue weighted by Crippen LogP contribution is -2.61. The number of rotatable bonds is 8. The first kappa shape index (κ1) is 27.1. The number of aliphatic hydroxyl groups excluding tert-OH is 2. The number of carbonyl (C=O) groups excluding carboxylic acids is 3. The Hall–Kier alpha value is -2.52. The van der Waals surface area contributed by atoms with Crippen LogP contribution in [0.3, 0.4) is 0 Å². The van der Waals surface area contributed by atoms with E-state index in [4.69, 9.17) is 0 Å². The summed E-state index contributed by atoms with van der Waals surface area (Å²) in [5.41, 5.74) is -0.590. The highest BCUT2D eigenvalue weighted by Gasteiger charge is 2.51. The Morgan fingerprint density at radius 1 is 1.17 bits per heavy atom. The number of halogens is 1. The van der Waals surface area contributed by atoms with Crippen LogP contribution in [0.5, 0.6) is 0 Å². The van der Waals surface area contributed by atoms with Gasteiger partial charge in [0.1, 0.15) is 5.82 Å². The first-order chi connectivity index (χ1) is 16.6. The maximum absolute atomic E-state index is 14.5. The number of carbonyl (C=O) groups is 3. The van der Waals surface area contributed by atoms with E-state index < -0.39 is 29.6 Å². The van der Waals surface area contributed by atoms with Crippen LogP contribution in [-0.4, -0.2) is 74.6 Å². The lowest BCUT2D eigenvalue weighted by Gasteiger charge is -2.48. The van der Waals surface area contributed by atoms with Crippen molar-refractivity contribution in [3.05, 3.63) is 35.6 Å². The minimum Gasteiger partial charge on any atom is -0.390 e. The molecule has 2 aliphatic rings. The molecule has 0 aromatic heterocycles. The van der Waals surface area contributed by atoms with Crippen LogP contribution in [0, 0.1) is 5.82 Å². The highest BCUT2D eigenvalue weighted by atomic mass is 19.1. The Balaban J connectivity index is 1.82. The zero-order valence-corrected chi connectivity index (χ0v) is 20.7. The van der Waals surface area contributed by atoms with Crippen molar-refractivity contribution in [3.8, 4) is 0 Å². The van der Waals surface area contributed by atoms with Gasteiger partial charge in [0.15, 0.2) is 0 Å². The molecule has 1 aromatic carbocycles. The van der Waals surface area contributed by atoms with Crippen molar-refractivity contribution in [3.63, 3.8) is 0 Å². The second-order valence-corrected chi connectivity index (χ2v) is 10.0. The van der Waals surface area contributed by atoms with Crippen molar-refractivity contribution in [1.29, 1.82) is 0 Å². The highest BCUT2D eigenvalue weighted by Crippen LogP contribution is 2.39. The number of nitrogens with zero attached hydrogens (tertiary/aromatic N) is 2. The van der Waals surface area contributed by atoms with E-state index in [1.807, 2.05) is 6.92 Å². The van der Waals surface area contributed by atoms with Gasteiger partial charge in [-0.05, 0) is 38.7 Å². The first-order valence-corrected chi connectivity index (χ1v) is 12.6. The number of aliphatic hydroxyl groups is 2. The molecule has 0 unspecified atom stereocenters. The van der Waals surface area contributed by atoms with Gasteiger partial charge in [0.05, 0.1) is 23.8 Å². The Labute approximate surface area is 206 Å². The molecule has 2 fully saturated rings. The van der Waals surface area contributed by atoms with Crippen molar-refractivity contribution in [2.75, 3.05) is 13.1 Å². The third kappa shape index (κ3) is 6.58. The minimum absolute atomic E-state index is 0.00607. The van der Waals surface area contributed by atoms with Gasteiger partial charge in [0.2, 0.25) is 17.7 Å². The van der Waals surface area contributed by atoms with Crippen molar-refractivity contribution >= 4 is 17.7 Å². The summed E-state index contributed by atoms with van der Waals surface area (Å²) >= 11 is 0. The number of benzene rings is 1. The Morgan fingerprint density at radius 2 is 1.91 bits per heavy atom. The van der Waals surface area contributed by atoms with Crippen LogP contribution in [-0.2, 0) is 20.9 Å². The maximum Gasteiger partial charge on any atom is 0.223 e. The number of likely N-dealkylation sites (tertiary alicyclic amines) is 2. The summed E-state index contributed by atoms with van der Waals surface area (Å²) in [6, 6.07) is 5.89. The number of nitrogens with one attached hydrogen (secondary N) is 1. The van der Waals surface area contributed by atoms with Gasteiger partial charge >= 0.3 is 0 Å². The SMILES string of the molecule is CC(=O)NCCCCCC(=O)N1C[C@H](O)[C@H](O)C[C@@]2(C)[C@H]1CCCC(=O)N2Cc1ccccc1F. The number of hydrogen-bond donors (Lipinski definition) is 3. The minimum atomic E-state index is -1.13. The van der Waals surface area contributed by atoms with E-state index in [-0.39, 0.29) is 50.1 Å². The number of amides is 3. The molecule has 0 bridgehead atoms. The molecule has 3 N–H and O–H groups in total. The lowest BCUT2D eigenvalue weighted by atomic mass is 9.82. The number of β-amino-alcohol motifs (C(OH)–C–C–N with tert-alkyl or cyclic N) is 1. The summed E-state index contributed by atoms with van der Waals surface area (Å²) in [5, 5.41) is 24.1. The van der Waals surface area contributed by atoms with Gasteiger partial charge in [0, 0.05) is 51.4 Å². The van der Waals surface area contributed by atoms with Crippen LogP contribution in [0.4, 0.5) is 4.39 Å². The predicted octanol–water partition coefficient (Wildman–Crippen LogP) is 2.12. The summed E-state index contributed by atoms with van der Waals surface area (Å²) in [5.74, 6) is -0.771. The molecule has 2 heterocycles. The van der Waals surface area contributed by atoms with Crippen molar-refractivity contribution < 1.29 is 29.0 Å². The van der Waals surface area contributed by atoms with E-state index >= 15 is 0 Å². The van der Waals surface area contributed by atoms with Crippen molar-refractivity contribution in [2.45, 2.75) is 95.5 Å². The van der Waals surface area contributed by atoms with Crippen molar-refractivity contribution in [1.82, 2.24) is 15.1 Å². The summed E-state index contributed by atoms with van der Waals surface area (Å²) in [7, 11) is 0. The fourth-order valence-corrected chi connectivity index (χ4v) is 5.43. The molecule has 3 rings (SSSR count). The molecular formula is C26H38FN3O5. The summed E-state index contributed by atoms with van der Waals surface area (Å²) in [6.07, 6.45) is 1.70. The van der Waals surface area contributed by atoms with E-state index in [2.05, 4.69) is 5.32 Å². The molecule has 8 nitrogen and oxygen atoms in total. The molecule has 194 valence electrons. The van der Waals surface area contributed by atoms with E-state index in [0.29, 0.717) is 31.4 Å². The zero-order valence-electron chi connectivity index (χ0n) is 20.7. The third-order valence-corrected chi connectivity index (χ3v) is 7.38. The quantitative estimate of drug-likeness (QED) is 0.483. The van der Waals surface area contributed by atoms with Crippen LogP contribution in [0.1, 0.15) is 70.8 Å². The summed E-state index contributed by atoms with van der Waals surface area (Å²) < 4.78 is 14.5. The van der Waals surface area contributed by atoms with E-state index in [1.54, 1.807) is 28.0 Å². The fourth-order valence-electron chi connectivity index (χ4n) is 5.43. The summed E-state index contributed by atoms with van der Waals surface area (Å²) in [4.78, 5) is 40.8. The Morgan fingerprint density at radius 3 is 2.63 bits per heavy atom. The topological polar surface area (TPSA) is 110 Å². The molecule has 3 amide bonds. The zero-order chi connectivity index (χ0) is 25.6. The number of hydrogen-bond acceptors (Lipinski definition) is 5. The maximum atomic E-state index is 14.5. The smallest absolute Gasteiger partial charge is 0.223 e. The van der Waals surface area contributed by atoms with Gasteiger partial charge in [-0.25, -0.2) is 4.39 Å². The van der Waals surface area contributed by atoms with Crippen molar-refractivity contribution in [2.24, 2.45) is 0 Å². The first-order valence-electron chi connectivity index (χ1n) is 12.6. The van der Waals surface area contributed by atoms with Gasteiger partial charge in [-0.2, -0.15) is 0 Å². The standard InChI is InChI=1S/C26H38FN3O5/c1-18(31)28-14-7-3-4-12-24(34)29-17-22(33)21(32)15-26(2)23(29)11-8-13-25(35)30(26)16-19-9-5-6-10-20(19)27/h5-6,9-10,21-23,32-33H,3-4,7-8,11-17H2,1-2H3,(H,28,31)/t21-,22+,23-,26+/m1/s1. The molecule has 1 aromatic rings. The largest absolute Gasteiger partial charge is 0.390 e. The molecule has 2 saturated heterocycles. The van der Waals surface area contributed by atoms with Gasteiger partial charge in [-0.3, -0.25) is 14.4 Å². The fraction of sp³-hybridized carbons (Fsp3) is 0.654. The molecular weight excluding hydrogens is 453 g/mol. The molecule has 2 aliphatic heterocycles. The summed E-state index contributed by atoms with van der Waals surface area (Å²) in [6.45, 7) is 3.90. The van der Waals surface area contributed by atoms with E-state index in [9.17, 15) is 29.0 Å². The van der Waals surface area contributed by atoms with Gasteiger partial charge < -0.3 is 25.3 Å². The van der Waals surface area contributed by atoms with Crippen LogP contribution in [0.15, 0.2) is 24.3 Å². The second-order valence-electron chi connectivity index (χ2n) is 10.0. The average molecular weight is 492 g/mol. The number of unbranched alkanes of at least 4 members (excludes halogenated alkanes) is 2. The average Bonchev–Trinajstić information content (AvgIpc) is 2.97. The monoisotopic (exact) mass is 491 g/mol. The molecule has 9 heteroatoms. The molecule has 0 spiro atoms. The third-order valence-electron chi connectivity index (χ3n) is 7.38. The second kappa shape index (κ2) is 11.9. The molecule has 0 radical (unpaired) electrons. The molecule has 0 saturated carbocycles. The highest BCUT2D eigenvalue weighted by molar-refractivity contribution is 5.79. The van der Waals surface area contributed by atoms with Gasteiger partial charge in [-0.15, -0.1) is 0 Å². The number of fused-ring (bicyclic) bond motifs is 1. The van der Waals surface area contributed by atoms with Crippen LogP contribution >= 0.6 is 0 Å². The lowest BCUT2D eigenvalue weighted by molar-refractivity contribution is -0.145. The van der Waals surface area contributed by atoms with Gasteiger partial charge in [-0.1, -0.05) is 24.6 Å².